The summed E-state index contributed by atoms with van der Waals surface area (Å²) in [6, 6.07) is 0. The summed E-state index contributed by atoms with van der Waals surface area (Å²) in [7, 11) is -7.77. The van der Waals surface area contributed by atoms with Gasteiger partial charge in [0.2, 0.25) is 0 Å². The summed E-state index contributed by atoms with van der Waals surface area (Å²) in [5.74, 6) is -1.17. The van der Waals surface area contributed by atoms with Crippen molar-refractivity contribution >= 4 is 38.3 Å². The molecule has 0 spiro atoms. The second-order valence-corrected chi connectivity index (χ2v) is 12.3. The third kappa shape index (κ3) is 4.51. The zero-order valence-corrected chi connectivity index (χ0v) is 20.4. The first-order chi connectivity index (χ1) is 15.7. The number of nitrogens with zero attached hydrogens (tertiary/aromatic N) is 5. The van der Waals surface area contributed by atoms with Gasteiger partial charge in [0.1, 0.15) is 5.69 Å². The van der Waals surface area contributed by atoms with Crippen molar-refractivity contribution in [1.29, 1.82) is 0 Å². The third-order valence-corrected chi connectivity index (χ3v) is 9.58. The van der Waals surface area contributed by atoms with Crippen molar-refractivity contribution in [3.8, 4) is 0 Å². The molecule has 0 saturated heterocycles. The number of fused-ring (bicyclic) bond motifs is 1. The first kappa shape index (κ1) is 26.0. The number of amides is 1. The molecule has 1 aromatic heterocycles. The Balaban J connectivity index is 1.89. The Bertz CT molecular complexity index is 1280. The van der Waals surface area contributed by atoms with Crippen molar-refractivity contribution in [3.05, 3.63) is 22.5 Å². The number of esters is 1. The smallest absolute Gasteiger partial charge is 0.397 e. The van der Waals surface area contributed by atoms with Crippen molar-refractivity contribution < 1.29 is 44.7 Å². The molecule has 1 fully saturated rings. The minimum absolute atomic E-state index is 0.0372. The van der Waals surface area contributed by atoms with E-state index < -0.39 is 48.2 Å². The van der Waals surface area contributed by atoms with E-state index in [2.05, 4.69) is 14.1 Å². The Kier molecular flexibility index (Phi) is 6.76. The SMILES string of the molecule is CCOC(=O)c1nn(C)c2c1CCN(CC1(S(=O)(=O)C(C)(C=[N+]=[N-])COS(=O)(=O)O)CC1)C2=O. The zero-order valence-electron chi connectivity index (χ0n) is 18.8. The van der Waals surface area contributed by atoms with Crippen molar-refractivity contribution in [2.45, 2.75) is 42.6 Å². The van der Waals surface area contributed by atoms with E-state index in [0.29, 0.717) is 11.8 Å². The topological polar surface area (TPSA) is 199 Å². The molecule has 1 aliphatic carbocycles. The predicted octanol–water partition coefficient (Wildman–Crippen LogP) is -0.579. The predicted molar refractivity (Wildman–Crippen MR) is 115 cm³/mol. The highest BCUT2D eigenvalue weighted by Gasteiger charge is 2.64. The molecule has 188 valence electrons. The van der Waals surface area contributed by atoms with Gasteiger partial charge in [-0.15, -0.1) is 0 Å². The number of ether oxygens (including phenoxy) is 1. The van der Waals surface area contributed by atoms with Crippen molar-refractivity contribution in [1.82, 2.24) is 14.7 Å². The van der Waals surface area contributed by atoms with E-state index in [1.54, 1.807) is 6.92 Å². The van der Waals surface area contributed by atoms with Crippen LogP contribution in [-0.4, -0.2) is 94.7 Å². The van der Waals surface area contributed by atoms with Crippen LogP contribution in [0.3, 0.4) is 0 Å². The molecule has 1 saturated carbocycles. The molecule has 2 heterocycles. The van der Waals surface area contributed by atoms with Crippen LogP contribution >= 0.6 is 0 Å². The van der Waals surface area contributed by atoms with Crippen LogP contribution in [0, 0.1) is 0 Å². The van der Waals surface area contributed by atoms with E-state index in [0.717, 1.165) is 6.92 Å². The van der Waals surface area contributed by atoms with Gasteiger partial charge >= 0.3 is 16.4 Å². The molecule has 14 nitrogen and oxygen atoms in total. The highest BCUT2D eigenvalue weighted by atomic mass is 32.3. The molecule has 16 heteroatoms. The van der Waals surface area contributed by atoms with Gasteiger partial charge in [-0.1, -0.05) is 0 Å². The molecule has 1 unspecified atom stereocenters. The van der Waals surface area contributed by atoms with Gasteiger partial charge in [0.25, 0.3) is 12.1 Å². The lowest BCUT2D eigenvalue weighted by Gasteiger charge is -2.33. The van der Waals surface area contributed by atoms with Gasteiger partial charge in [0.15, 0.2) is 20.3 Å². The van der Waals surface area contributed by atoms with Gasteiger partial charge in [-0.05, 0) is 33.1 Å². The fourth-order valence-corrected chi connectivity index (χ4v) is 6.90. The van der Waals surface area contributed by atoms with E-state index in [1.165, 1.54) is 16.6 Å². The molecule has 1 amide bonds. The van der Waals surface area contributed by atoms with Crippen LogP contribution in [0.15, 0.2) is 0 Å². The standard InChI is InChI=1S/C18H25N5O9S2/c1-4-31-16(25)13-12-5-8-23(15(24)14(12)22(3)21-13)10-18(6-7-18)33(26,27)17(2,9-20-19)11-32-34(28,29)30/h9H,4-8,10-11H2,1-3H3,(H,28,29,30). The van der Waals surface area contributed by atoms with E-state index in [1.807, 2.05) is 0 Å². The summed E-state index contributed by atoms with van der Waals surface area (Å²) >= 11 is 0. The number of hydrogen-bond acceptors (Lipinski definition) is 9. The van der Waals surface area contributed by atoms with Crippen molar-refractivity contribution in [2.24, 2.45) is 7.05 Å². The number of carbonyl (C=O) groups excluding carboxylic acids is 2. The summed E-state index contributed by atoms with van der Waals surface area (Å²) < 4.78 is 64.9. The summed E-state index contributed by atoms with van der Waals surface area (Å²) in [5, 5.41) is 4.10. The normalized spacial score (nSPS) is 19.1. The van der Waals surface area contributed by atoms with Gasteiger partial charge in [-0.25, -0.2) is 17.4 Å². The van der Waals surface area contributed by atoms with E-state index >= 15 is 0 Å². The fourth-order valence-electron chi connectivity index (χ4n) is 4.08. The molecule has 0 aromatic carbocycles. The van der Waals surface area contributed by atoms with Crippen LogP contribution in [0.25, 0.3) is 5.53 Å². The Labute approximate surface area is 196 Å². The van der Waals surface area contributed by atoms with E-state index in [4.69, 9.17) is 14.8 Å². The number of aromatic nitrogens is 2. The highest BCUT2D eigenvalue weighted by Crippen LogP contribution is 2.49. The molecule has 1 N–H and O–H groups in total. The molecule has 3 rings (SSSR count). The lowest BCUT2D eigenvalue weighted by Crippen LogP contribution is -2.54. The van der Waals surface area contributed by atoms with Gasteiger partial charge in [-0.3, -0.25) is 14.0 Å². The Morgan fingerprint density at radius 3 is 2.53 bits per heavy atom. The van der Waals surface area contributed by atoms with Gasteiger partial charge < -0.3 is 15.2 Å². The zero-order chi connectivity index (χ0) is 25.5. The second-order valence-electron chi connectivity index (χ2n) is 8.43. The number of carbonyl (C=O) groups is 2. The summed E-state index contributed by atoms with van der Waals surface area (Å²) in [4.78, 5) is 29.5. The molecule has 1 atom stereocenters. The van der Waals surface area contributed by atoms with Crippen LogP contribution in [0.2, 0.25) is 0 Å². The Hall–Kier alpha value is -2.65. The minimum Gasteiger partial charge on any atom is -0.461 e. The molecule has 0 bridgehead atoms. The minimum atomic E-state index is -4.96. The maximum Gasteiger partial charge on any atom is 0.397 e. The van der Waals surface area contributed by atoms with Crippen LogP contribution < -0.4 is 0 Å². The fraction of sp³-hybridized carbons (Fsp3) is 0.667. The van der Waals surface area contributed by atoms with Crippen LogP contribution in [0.1, 0.15) is 53.2 Å². The first-order valence-corrected chi connectivity index (χ1v) is 13.1. The monoisotopic (exact) mass is 519 g/mol. The van der Waals surface area contributed by atoms with Crippen molar-refractivity contribution in [3.63, 3.8) is 0 Å². The molecule has 0 radical (unpaired) electrons. The van der Waals surface area contributed by atoms with Crippen LogP contribution in [0.5, 0.6) is 0 Å². The third-order valence-electron chi connectivity index (χ3n) is 6.03. The lowest BCUT2D eigenvalue weighted by molar-refractivity contribution is -0.00278. The molecular weight excluding hydrogens is 494 g/mol. The molecule has 2 aliphatic rings. The number of aryl methyl sites for hydroxylation is 1. The van der Waals surface area contributed by atoms with Crippen LogP contribution in [-0.2, 0) is 42.6 Å². The van der Waals surface area contributed by atoms with Crippen molar-refractivity contribution in [2.75, 3.05) is 26.3 Å². The Morgan fingerprint density at radius 2 is 2.00 bits per heavy atom. The summed E-state index contributed by atoms with van der Waals surface area (Å²) in [5.41, 5.74) is 9.61. The average molecular weight is 520 g/mol. The lowest BCUT2D eigenvalue weighted by atomic mass is 10.0. The van der Waals surface area contributed by atoms with E-state index in [9.17, 15) is 26.4 Å². The largest absolute Gasteiger partial charge is 0.461 e. The summed E-state index contributed by atoms with van der Waals surface area (Å²) in [6.45, 7) is 1.76. The number of sulfone groups is 1. The molecule has 1 aromatic rings. The number of hydrogen-bond donors (Lipinski definition) is 1. The van der Waals surface area contributed by atoms with E-state index in [-0.39, 0.29) is 50.3 Å². The molecule has 34 heavy (non-hydrogen) atoms. The van der Waals surface area contributed by atoms with Gasteiger partial charge in [0, 0.05) is 25.7 Å². The van der Waals surface area contributed by atoms with Crippen LogP contribution in [0.4, 0.5) is 0 Å². The Morgan fingerprint density at radius 1 is 1.35 bits per heavy atom. The quantitative estimate of drug-likeness (QED) is 0.137. The second kappa shape index (κ2) is 8.85. The molecular formula is C18H25N5O9S2. The van der Waals surface area contributed by atoms with Gasteiger partial charge in [-0.2, -0.15) is 18.3 Å². The maximum atomic E-state index is 13.5. The average Bonchev–Trinajstić information content (AvgIpc) is 3.45. The first-order valence-electron chi connectivity index (χ1n) is 10.3. The maximum absolute atomic E-state index is 13.5. The molecule has 1 aliphatic heterocycles. The summed E-state index contributed by atoms with van der Waals surface area (Å²) in [6.07, 6.45) is 1.22. The van der Waals surface area contributed by atoms with Gasteiger partial charge in [0.05, 0.1) is 18.0 Å². The number of rotatable bonds is 10. The highest BCUT2D eigenvalue weighted by molar-refractivity contribution is 7.95.